The minimum atomic E-state index is -3.74. The van der Waals surface area contributed by atoms with Gasteiger partial charge >= 0.3 is 0 Å². The minimum absolute atomic E-state index is 0.153. The molecule has 0 saturated carbocycles. The third kappa shape index (κ3) is 7.08. The number of anilines is 2. The maximum absolute atomic E-state index is 13.2. The number of nitrogens with one attached hydrogen (secondary N) is 1. The van der Waals surface area contributed by atoms with Crippen LogP contribution in [0, 0.1) is 0 Å². The molecule has 0 aliphatic heterocycles. The molecule has 0 aliphatic rings. The van der Waals surface area contributed by atoms with Crippen molar-refractivity contribution in [1.82, 2.24) is 0 Å². The summed E-state index contributed by atoms with van der Waals surface area (Å²) >= 11 is 3.42. The van der Waals surface area contributed by atoms with E-state index in [1.54, 1.807) is 55.5 Å². The van der Waals surface area contributed by atoms with Gasteiger partial charge in [0.05, 0.1) is 22.8 Å². The van der Waals surface area contributed by atoms with E-state index in [0.29, 0.717) is 35.8 Å². The van der Waals surface area contributed by atoms with E-state index in [2.05, 4.69) is 28.2 Å². The molecule has 0 heterocycles. The Labute approximate surface area is 216 Å². The van der Waals surface area contributed by atoms with Gasteiger partial charge in [-0.15, -0.1) is 0 Å². The lowest BCUT2D eigenvalue weighted by Gasteiger charge is -2.23. The highest BCUT2D eigenvalue weighted by Crippen LogP contribution is 2.27. The molecule has 186 valence electrons. The van der Waals surface area contributed by atoms with Gasteiger partial charge in [0.25, 0.3) is 15.9 Å². The number of rotatable bonds is 12. The molecule has 0 bridgehead atoms. The first kappa shape index (κ1) is 26.8. The molecule has 0 spiro atoms. The number of carbonyl (C=O) groups is 1. The van der Waals surface area contributed by atoms with Crippen LogP contribution < -0.4 is 14.4 Å². The number of unbranched alkanes of at least 4 members (excludes halogenated alkanes) is 3. The first-order chi connectivity index (χ1) is 16.9. The molecule has 0 atom stereocenters. The summed E-state index contributed by atoms with van der Waals surface area (Å²) in [4.78, 5) is 13.2. The van der Waals surface area contributed by atoms with Crippen molar-refractivity contribution in [3.8, 4) is 5.75 Å². The molecule has 0 unspecified atom stereocenters. The molecule has 1 N–H and O–H groups in total. The van der Waals surface area contributed by atoms with Crippen LogP contribution in [0.3, 0.4) is 0 Å². The van der Waals surface area contributed by atoms with E-state index < -0.39 is 10.0 Å². The Morgan fingerprint density at radius 3 is 2.31 bits per heavy atom. The fourth-order valence-electron chi connectivity index (χ4n) is 3.64. The second kappa shape index (κ2) is 12.7. The van der Waals surface area contributed by atoms with Crippen LogP contribution in [0.2, 0.25) is 0 Å². The molecule has 0 saturated heterocycles. The fourth-order valence-corrected chi connectivity index (χ4v) is 5.47. The van der Waals surface area contributed by atoms with Gasteiger partial charge in [0.2, 0.25) is 0 Å². The molecule has 0 fully saturated rings. The van der Waals surface area contributed by atoms with Crippen molar-refractivity contribution >= 4 is 43.2 Å². The lowest BCUT2D eigenvalue weighted by molar-refractivity contribution is 0.102. The van der Waals surface area contributed by atoms with Gasteiger partial charge in [-0.3, -0.25) is 9.10 Å². The highest BCUT2D eigenvalue weighted by molar-refractivity contribution is 9.10. The minimum Gasteiger partial charge on any atom is -0.493 e. The van der Waals surface area contributed by atoms with Crippen LogP contribution in [0.25, 0.3) is 0 Å². The third-order valence-corrected chi connectivity index (χ3v) is 7.88. The van der Waals surface area contributed by atoms with Crippen molar-refractivity contribution < 1.29 is 17.9 Å². The first-order valence-electron chi connectivity index (χ1n) is 11.8. The summed E-state index contributed by atoms with van der Waals surface area (Å²) in [7, 11) is -3.74. The van der Waals surface area contributed by atoms with Crippen molar-refractivity contribution in [1.29, 1.82) is 0 Å². The van der Waals surface area contributed by atoms with Crippen molar-refractivity contribution in [3.63, 3.8) is 0 Å². The Balaban J connectivity index is 1.73. The van der Waals surface area contributed by atoms with Crippen LogP contribution in [-0.2, 0) is 10.0 Å². The summed E-state index contributed by atoms with van der Waals surface area (Å²) in [6, 6.07) is 20.5. The molecule has 6 nitrogen and oxygen atoms in total. The van der Waals surface area contributed by atoms with E-state index in [9.17, 15) is 13.2 Å². The van der Waals surface area contributed by atoms with Gasteiger partial charge in [0.1, 0.15) is 5.75 Å². The van der Waals surface area contributed by atoms with E-state index >= 15 is 0 Å². The largest absolute Gasteiger partial charge is 0.493 e. The second-order valence-corrected chi connectivity index (χ2v) is 10.8. The first-order valence-corrected chi connectivity index (χ1v) is 14.0. The highest BCUT2D eigenvalue weighted by Gasteiger charge is 2.23. The zero-order valence-electron chi connectivity index (χ0n) is 20.0. The van der Waals surface area contributed by atoms with Crippen molar-refractivity contribution in [3.05, 3.63) is 82.8 Å². The molecule has 0 aromatic heterocycles. The number of amides is 1. The molecule has 3 aromatic rings. The van der Waals surface area contributed by atoms with Gasteiger partial charge in [-0.05, 0) is 67.9 Å². The van der Waals surface area contributed by atoms with E-state index in [0.717, 1.165) is 30.2 Å². The predicted octanol–water partition coefficient (Wildman–Crippen LogP) is 6.88. The average Bonchev–Trinajstić information content (AvgIpc) is 2.86. The Kier molecular flexibility index (Phi) is 9.74. The van der Waals surface area contributed by atoms with Crippen LogP contribution in [0.1, 0.15) is 49.9 Å². The van der Waals surface area contributed by atoms with Crippen LogP contribution >= 0.6 is 15.9 Å². The zero-order chi connectivity index (χ0) is 25.3. The molecular weight excluding hydrogens is 528 g/mol. The molecular formula is C27H31BrN2O4S. The second-order valence-electron chi connectivity index (χ2n) is 8.03. The number of carbonyl (C=O) groups excluding carboxylic acids is 1. The number of hydrogen-bond donors (Lipinski definition) is 1. The molecule has 0 aliphatic carbocycles. The molecule has 35 heavy (non-hydrogen) atoms. The maximum atomic E-state index is 13.2. The van der Waals surface area contributed by atoms with E-state index in [-0.39, 0.29) is 10.8 Å². The SMILES string of the molecule is CCCCCCOc1ccc(Br)cc1C(=O)Nc1ccc(S(=O)(=O)N(CC)c2ccccc2)cc1. The average molecular weight is 560 g/mol. The standard InChI is InChI=1S/C27H31BrN2O4S/c1-3-5-6-10-19-34-26-18-13-21(28)20-25(26)27(31)29-22-14-16-24(17-15-22)35(32,33)30(4-2)23-11-8-7-9-12-23/h7-9,11-18,20H,3-6,10,19H2,1-2H3,(H,29,31). The summed E-state index contributed by atoms with van der Waals surface area (Å²) in [5.41, 5.74) is 1.50. The van der Waals surface area contributed by atoms with Crippen LogP contribution in [-0.4, -0.2) is 27.5 Å². The lowest BCUT2D eigenvalue weighted by atomic mass is 10.1. The number of halogens is 1. The summed E-state index contributed by atoms with van der Waals surface area (Å²) in [5.74, 6) is 0.188. The Bertz CT molecular complexity index is 1220. The number of benzene rings is 3. The number of nitrogens with zero attached hydrogens (tertiary/aromatic N) is 1. The van der Waals surface area contributed by atoms with Crippen LogP contribution in [0.5, 0.6) is 5.75 Å². The van der Waals surface area contributed by atoms with Gasteiger partial charge in [-0.2, -0.15) is 0 Å². The molecule has 3 aromatic carbocycles. The smallest absolute Gasteiger partial charge is 0.264 e. The fraction of sp³-hybridized carbons (Fsp3) is 0.296. The maximum Gasteiger partial charge on any atom is 0.264 e. The van der Waals surface area contributed by atoms with Gasteiger partial charge in [0, 0.05) is 16.7 Å². The Morgan fingerprint density at radius 2 is 1.66 bits per heavy atom. The predicted molar refractivity (Wildman–Crippen MR) is 145 cm³/mol. The Hall–Kier alpha value is -2.84. The van der Waals surface area contributed by atoms with Gasteiger partial charge in [-0.25, -0.2) is 8.42 Å². The highest BCUT2D eigenvalue weighted by atomic mass is 79.9. The summed E-state index contributed by atoms with van der Waals surface area (Å²) < 4.78 is 34.4. The Morgan fingerprint density at radius 1 is 0.943 bits per heavy atom. The quantitative estimate of drug-likeness (QED) is 0.246. The number of ether oxygens (including phenoxy) is 1. The summed E-state index contributed by atoms with van der Waals surface area (Å²) in [5, 5.41) is 2.84. The van der Waals surface area contributed by atoms with Crippen molar-refractivity contribution in [2.45, 2.75) is 44.4 Å². The van der Waals surface area contributed by atoms with E-state index in [1.165, 1.54) is 16.4 Å². The van der Waals surface area contributed by atoms with Gasteiger partial charge in [0.15, 0.2) is 0 Å². The van der Waals surface area contributed by atoms with Gasteiger partial charge < -0.3 is 10.1 Å². The summed E-state index contributed by atoms with van der Waals surface area (Å²) in [6.07, 6.45) is 4.32. The number of hydrogen-bond acceptors (Lipinski definition) is 4. The van der Waals surface area contributed by atoms with Crippen LogP contribution in [0.4, 0.5) is 11.4 Å². The lowest BCUT2D eigenvalue weighted by Crippen LogP contribution is -2.30. The van der Waals surface area contributed by atoms with Crippen molar-refractivity contribution in [2.75, 3.05) is 22.8 Å². The molecule has 8 heteroatoms. The molecule has 3 rings (SSSR count). The topological polar surface area (TPSA) is 75.7 Å². The molecule has 1 amide bonds. The number of sulfonamides is 1. The third-order valence-electron chi connectivity index (χ3n) is 5.47. The van der Waals surface area contributed by atoms with Gasteiger partial charge in [-0.1, -0.05) is 60.3 Å². The van der Waals surface area contributed by atoms with Crippen molar-refractivity contribution in [2.24, 2.45) is 0 Å². The number of para-hydroxylation sites is 1. The normalized spacial score (nSPS) is 11.2. The monoisotopic (exact) mass is 558 g/mol. The van der Waals surface area contributed by atoms with E-state index in [1.807, 2.05) is 12.1 Å². The summed E-state index contributed by atoms with van der Waals surface area (Å²) in [6.45, 7) is 4.79. The van der Waals surface area contributed by atoms with Crippen LogP contribution in [0.15, 0.2) is 82.2 Å². The van der Waals surface area contributed by atoms with E-state index in [4.69, 9.17) is 4.74 Å². The zero-order valence-corrected chi connectivity index (χ0v) is 22.4. The molecule has 0 radical (unpaired) electrons.